The lowest BCUT2D eigenvalue weighted by Crippen LogP contribution is -2.48. The molecule has 166 valence electrons. The van der Waals surface area contributed by atoms with Crippen molar-refractivity contribution in [3.63, 3.8) is 0 Å². The zero-order chi connectivity index (χ0) is 21.8. The Morgan fingerprint density at radius 3 is 2.48 bits per heavy atom. The maximum atomic E-state index is 12.5. The molecule has 2 aliphatic rings. The first kappa shape index (κ1) is 21.8. The molecule has 0 atom stereocenters. The van der Waals surface area contributed by atoms with Crippen LogP contribution in [0.25, 0.3) is 0 Å². The second-order valence-corrected chi connectivity index (χ2v) is 10.1. The molecule has 2 N–H and O–H groups in total. The van der Waals surface area contributed by atoms with Gasteiger partial charge in [0.25, 0.3) is 5.91 Å². The third kappa shape index (κ3) is 5.84. The van der Waals surface area contributed by atoms with Crippen LogP contribution in [0.4, 0.5) is 5.69 Å². The predicted octanol–water partition coefficient (Wildman–Crippen LogP) is 1.99. The Morgan fingerprint density at radius 2 is 1.77 bits per heavy atom. The fourth-order valence-electron chi connectivity index (χ4n) is 3.78. The summed E-state index contributed by atoms with van der Waals surface area (Å²) in [6.07, 6.45) is 1.75. The number of carbonyl (C=O) groups excluding carboxylic acids is 1. The maximum absolute atomic E-state index is 12.5. The Balaban J connectivity index is 1.24. The number of nitrogens with one attached hydrogen (secondary N) is 2. The van der Waals surface area contributed by atoms with Crippen LogP contribution >= 0.6 is 0 Å². The van der Waals surface area contributed by atoms with E-state index in [1.165, 1.54) is 23.4 Å². The number of benzene rings is 2. The maximum Gasteiger partial charge on any atom is 0.251 e. The molecule has 4 rings (SSSR count). The minimum absolute atomic E-state index is 0.0360. The first-order chi connectivity index (χ1) is 14.9. The Labute approximate surface area is 184 Å². The molecule has 0 unspecified atom stereocenters. The topological polar surface area (TPSA) is 81.8 Å². The van der Waals surface area contributed by atoms with E-state index in [1.54, 1.807) is 12.1 Å². The monoisotopic (exact) mass is 442 g/mol. The zero-order valence-electron chi connectivity index (χ0n) is 17.9. The third-order valence-corrected chi connectivity index (χ3v) is 7.28. The van der Waals surface area contributed by atoms with Crippen LogP contribution in [0.1, 0.15) is 28.8 Å². The summed E-state index contributed by atoms with van der Waals surface area (Å²) in [7, 11) is -3.56. The van der Waals surface area contributed by atoms with Gasteiger partial charge in [0.1, 0.15) is 0 Å². The van der Waals surface area contributed by atoms with E-state index >= 15 is 0 Å². The van der Waals surface area contributed by atoms with Crippen molar-refractivity contribution in [3.8, 4) is 0 Å². The Bertz CT molecular complexity index is 1030. The number of hydrogen-bond donors (Lipinski definition) is 2. The molecule has 7 nitrogen and oxygen atoms in total. The molecule has 1 aliphatic carbocycles. The van der Waals surface area contributed by atoms with Gasteiger partial charge >= 0.3 is 0 Å². The van der Waals surface area contributed by atoms with Crippen LogP contribution < -0.4 is 14.9 Å². The standard InChI is InChI=1S/C23H30N4O3S/c1-18-4-2-6-21(16-18)27-14-12-26(13-15-27)11-10-24-23(28)19-5-3-7-22(17-19)31(29,30)25-20-8-9-20/h2-7,16-17,20,25H,8-15H2,1H3,(H,24,28). The van der Waals surface area contributed by atoms with E-state index in [9.17, 15) is 13.2 Å². The first-order valence-corrected chi connectivity index (χ1v) is 12.3. The second-order valence-electron chi connectivity index (χ2n) is 8.35. The van der Waals surface area contributed by atoms with E-state index in [-0.39, 0.29) is 16.8 Å². The SMILES string of the molecule is Cc1cccc(N2CCN(CCNC(=O)c3cccc(S(=O)(=O)NC4CC4)c3)CC2)c1. The van der Waals surface area contributed by atoms with Gasteiger partial charge in [0, 0.05) is 56.6 Å². The summed E-state index contributed by atoms with van der Waals surface area (Å²) in [4.78, 5) is 17.4. The predicted molar refractivity (Wildman–Crippen MR) is 122 cm³/mol. The quantitative estimate of drug-likeness (QED) is 0.654. The van der Waals surface area contributed by atoms with Crippen LogP contribution in [0, 0.1) is 6.92 Å². The molecule has 1 aliphatic heterocycles. The van der Waals surface area contributed by atoms with Gasteiger partial charge in [0.15, 0.2) is 0 Å². The molecule has 1 heterocycles. The lowest BCUT2D eigenvalue weighted by Gasteiger charge is -2.36. The summed E-state index contributed by atoms with van der Waals surface area (Å²) in [5.74, 6) is -0.248. The van der Waals surface area contributed by atoms with Gasteiger partial charge in [0.05, 0.1) is 4.90 Å². The van der Waals surface area contributed by atoms with Crippen molar-refractivity contribution < 1.29 is 13.2 Å². The fraction of sp³-hybridized carbons (Fsp3) is 0.435. The molecule has 1 saturated carbocycles. The number of anilines is 1. The summed E-state index contributed by atoms with van der Waals surface area (Å²) in [5.41, 5.74) is 2.89. The van der Waals surface area contributed by atoms with E-state index in [2.05, 4.69) is 51.0 Å². The number of rotatable bonds is 8. The van der Waals surface area contributed by atoms with Crippen LogP contribution in [-0.2, 0) is 10.0 Å². The van der Waals surface area contributed by atoms with Gasteiger partial charge in [-0.1, -0.05) is 18.2 Å². The molecule has 2 fully saturated rings. The van der Waals surface area contributed by atoms with Crippen molar-refractivity contribution in [1.82, 2.24) is 14.9 Å². The summed E-state index contributed by atoms with van der Waals surface area (Å²) in [6.45, 7) is 7.23. The Hall–Kier alpha value is -2.42. The number of carbonyl (C=O) groups is 1. The minimum Gasteiger partial charge on any atom is -0.369 e. The average molecular weight is 443 g/mol. The fourth-order valence-corrected chi connectivity index (χ4v) is 5.13. The van der Waals surface area contributed by atoms with Gasteiger partial charge in [0.2, 0.25) is 10.0 Å². The Morgan fingerprint density at radius 1 is 1.03 bits per heavy atom. The van der Waals surface area contributed by atoms with Gasteiger partial charge in [-0.05, 0) is 55.7 Å². The number of nitrogens with zero attached hydrogens (tertiary/aromatic N) is 2. The van der Waals surface area contributed by atoms with Gasteiger partial charge in [-0.2, -0.15) is 0 Å². The van der Waals surface area contributed by atoms with E-state index in [0.29, 0.717) is 12.1 Å². The van der Waals surface area contributed by atoms with Crippen LogP contribution in [-0.4, -0.2) is 64.5 Å². The third-order valence-electron chi connectivity index (χ3n) is 5.76. The van der Waals surface area contributed by atoms with Crippen molar-refractivity contribution in [2.45, 2.75) is 30.7 Å². The normalized spacial score (nSPS) is 17.5. The summed E-state index contributed by atoms with van der Waals surface area (Å²) < 4.78 is 27.4. The largest absolute Gasteiger partial charge is 0.369 e. The van der Waals surface area contributed by atoms with Crippen LogP contribution in [0.15, 0.2) is 53.4 Å². The van der Waals surface area contributed by atoms with Gasteiger partial charge in [-0.25, -0.2) is 13.1 Å². The number of aryl methyl sites for hydroxylation is 1. The highest BCUT2D eigenvalue weighted by molar-refractivity contribution is 7.89. The van der Waals surface area contributed by atoms with Crippen molar-refractivity contribution in [2.75, 3.05) is 44.2 Å². The number of sulfonamides is 1. The molecule has 2 aromatic rings. The molecule has 1 saturated heterocycles. The van der Waals surface area contributed by atoms with E-state index in [1.807, 2.05) is 0 Å². The second kappa shape index (κ2) is 9.38. The molecule has 31 heavy (non-hydrogen) atoms. The molecule has 0 aromatic heterocycles. The van der Waals surface area contributed by atoms with Crippen LogP contribution in [0.2, 0.25) is 0 Å². The molecular weight excluding hydrogens is 412 g/mol. The molecule has 0 spiro atoms. The highest BCUT2D eigenvalue weighted by Gasteiger charge is 2.28. The molecule has 0 bridgehead atoms. The van der Waals surface area contributed by atoms with Gasteiger partial charge in [-0.15, -0.1) is 0 Å². The summed E-state index contributed by atoms with van der Waals surface area (Å²) >= 11 is 0. The lowest BCUT2D eigenvalue weighted by molar-refractivity contribution is 0.0947. The minimum atomic E-state index is -3.56. The van der Waals surface area contributed by atoms with Gasteiger partial charge in [-0.3, -0.25) is 9.69 Å². The van der Waals surface area contributed by atoms with Crippen molar-refractivity contribution in [3.05, 3.63) is 59.7 Å². The van der Waals surface area contributed by atoms with E-state index < -0.39 is 10.0 Å². The van der Waals surface area contributed by atoms with Crippen LogP contribution in [0.3, 0.4) is 0 Å². The smallest absolute Gasteiger partial charge is 0.251 e. The molecule has 2 aromatic carbocycles. The average Bonchev–Trinajstić information content (AvgIpc) is 3.57. The lowest BCUT2D eigenvalue weighted by atomic mass is 10.2. The highest BCUT2D eigenvalue weighted by atomic mass is 32.2. The summed E-state index contributed by atoms with van der Waals surface area (Å²) in [5, 5.41) is 2.92. The van der Waals surface area contributed by atoms with Crippen molar-refractivity contribution in [1.29, 1.82) is 0 Å². The van der Waals surface area contributed by atoms with E-state index in [4.69, 9.17) is 0 Å². The molecular formula is C23H30N4O3S. The van der Waals surface area contributed by atoms with Crippen LogP contribution in [0.5, 0.6) is 0 Å². The molecule has 8 heteroatoms. The van der Waals surface area contributed by atoms with Crippen molar-refractivity contribution >= 4 is 21.6 Å². The van der Waals surface area contributed by atoms with Crippen molar-refractivity contribution in [2.24, 2.45) is 0 Å². The van der Waals surface area contributed by atoms with Gasteiger partial charge < -0.3 is 10.2 Å². The zero-order valence-corrected chi connectivity index (χ0v) is 18.7. The first-order valence-electron chi connectivity index (χ1n) is 10.9. The number of amides is 1. The molecule has 0 radical (unpaired) electrons. The highest BCUT2D eigenvalue weighted by Crippen LogP contribution is 2.22. The van der Waals surface area contributed by atoms with E-state index in [0.717, 1.165) is 45.6 Å². The number of hydrogen-bond acceptors (Lipinski definition) is 5. The number of piperazine rings is 1. The summed E-state index contributed by atoms with van der Waals surface area (Å²) in [6, 6.07) is 14.8. The Kier molecular flexibility index (Phi) is 6.60. The molecule has 1 amide bonds.